The third-order valence-electron chi connectivity index (χ3n) is 4.08. The van der Waals surface area contributed by atoms with Crippen LogP contribution < -0.4 is 0 Å². The zero-order valence-corrected chi connectivity index (χ0v) is 11.6. The lowest BCUT2D eigenvalue weighted by molar-refractivity contribution is -0.144. The van der Waals surface area contributed by atoms with Crippen LogP contribution in [0.1, 0.15) is 33.1 Å². The van der Waals surface area contributed by atoms with Crippen LogP contribution in [0, 0.1) is 11.8 Å². The molecule has 3 atom stereocenters. The number of nitrogens with zero attached hydrogens (tertiary/aromatic N) is 1. The quantitative estimate of drug-likeness (QED) is 0.824. The van der Waals surface area contributed by atoms with Crippen molar-refractivity contribution in [3.8, 4) is 0 Å². The van der Waals surface area contributed by atoms with Gasteiger partial charge in [-0.2, -0.15) is 11.8 Å². The Morgan fingerprint density at radius 1 is 1.24 bits per heavy atom. The van der Waals surface area contributed by atoms with Crippen LogP contribution in [0.5, 0.6) is 0 Å². The van der Waals surface area contributed by atoms with Crippen molar-refractivity contribution in [2.24, 2.45) is 11.8 Å². The first-order valence-corrected chi connectivity index (χ1v) is 7.79. The smallest absolute Gasteiger partial charge is 0.321 e. The lowest BCUT2D eigenvalue weighted by Crippen LogP contribution is -2.53. The Labute approximate surface area is 108 Å². The topological polar surface area (TPSA) is 40.5 Å². The minimum Gasteiger partial charge on any atom is -0.480 e. The Morgan fingerprint density at radius 3 is 2.47 bits per heavy atom. The van der Waals surface area contributed by atoms with Gasteiger partial charge in [0.2, 0.25) is 0 Å². The normalized spacial score (nSPS) is 40.1. The summed E-state index contributed by atoms with van der Waals surface area (Å²) in [5.41, 5.74) is 0. The van der Waals surface area contributed by atoms with Gasteiger partial charge in [-0.15, -0.1) is 0 Å². The summed E-state index contributed by atoms with van der Waals surface area (Å²) in [5, 5.41) is 9.32. The van der Waals surface area contributed by atoms with E-state index >= 15 is 0 Å². The molecule has 3 unspecified atom stereocenters. The van der Waals surface area contributed by atoms with Gasteiger partial charge < -0.3 is 5.11 Å². The zero-order chi connectivity index (χ0) is 12.4. The molecule has 1 N–H and O–H groups in total. The molecule has 2 rings (SSSR count). The Bertz CT molecular complexity index is 275. The molecule has 1 saturated heterocycles. The molecule has 0 amide bonds. The minimum absolute atomic E-state index is 0.253. The van der Waals surface area contributed by atoms with Gasteiger partial charge in [-0.3, -0.25) is 9.69 Å². The SMILES string of the molecule is CC1CC(C)CC(N2CCSCC2C(=O)O)C1. The molecule has 4 heteroatoms. The van der Waals surface area contributed by atoms with Crippen molar-refractivity contribution < 1.29 is 9.90 Å². The van der Waals surface area contributed by atoms with E-state index in [4.69, 9.17) is 0 Å². The minimum atomic E-state index is -0.636. The van der Waals surface area contributed by atoms with Crippen molar-refractivity contribution in [1.29, 1.82) is 0 Å². The van der Waals surface area contributed by atoms with Crippen molar-refractivity contribution >= 4 is 17.7 Å². The van der Waals surface area contributed by atoms with Gasteiger partial charge in [0.1, 0.15) is 6.04 Å². The summed E-state index contributed by atoms with van der Waals surface area (Å²) in [5.74, 6) is 2.70. The molecule has 0 aromatic rings. The van der Waals surface area contributed by atoms with Gasteiger partial charge in [0.15, 0.2) is 0 Å². The molecule has 0 aromatic carbocycles. The summed E-state index contributed by atoms with van der Waals surface area (Å²) >= 11 is 1.78. The molecule has 98 valence electrons. The largest absolute Gasteiger partial charge is 0.480 e. The van der Waals surface area contributed by atoms with Crippen LogP contribution in [-0.2, 0) is 4.79 Å². The first-order valence-electron chi connectivity index (χ1n) is 6.64. The second-order valence-corrected chi connectivity index (χ2v) is 6.89. The maximum Gasteiger partial charge on any atom is 0.321 e. The molecule has 2 fully saturated rings. The summed E-state index contributed by atoms with van der Waals surface area (Å²) in [6, 6.07) is 0.243. The van der Waals surface area contributed by atoms with E-state index in [1.54, 1.807) is 11.8 Å². The fourth-order valence-electron chi connectivity index (χ4n) is 3.44. The van der Waals surface area contributed by atoms with Crippen molar-refractivity contribution in [3.63, 3.8) is 0 Å². The van der Waals surface area contributed by atoms with Crippen molar-refractivity contribution in [3.05, 3.63) is 0 Å². The first-order chi connectivity index (χ1) is 8.08. The maximum absolute atomic E-state index is 11.3. The second kappa shape index (κ2) is 5.61. The average Bonchev–Trinajstić information content (AvgIpc) is 2.27. The van der Waals surface area contributed by atoms with Crippen molar-refractivity contribution in [1.82, 2.24) is 4.90 Å². The molecule has 2 aliphatic rings. The van der Waals surface area contributed by atoms with Gasteiger partial charge in [-0.1, -0.05) is 13.8 Å². The van der Waals surface area contributed by atoms with Crippen LogP contribution >= 0.6 is 11.8 Å². The van der Waals surface area contributed by atoms with E-state index in [-0.39, 0.29) is 6.04 Å². The maximum atomic E-state index is 11.3. The van der Waals surface area contributed by atoms with E-state index < -0.39 is 5.97 Å². The van der Waals surface area contributed by atoms with Crippen LogP contribution in [0.15, 0.2) is 0 Å². The lowest BCUT2D eigenvalue weighted by atomic mass is 9.79. The fourth-order valence-corrected chi connectivity index (χ4v) is 4.51. The van der Waals surface area contributed by atoms with Gasteiger partial charge >= 0.3 is 5.97 Å². The lowest BCUT2D eigenvalue weighted by Gasteiger charge is -2.43. The van der Waals surface area contributed by atoms with E-state index in [0.29, 0.717) is 6.04 Å². The van der Waals surface area contributed by atoms with E-state index in [9.17, 15) is 9.90 Å². The second-order valence-electron chi connectivity index (χ2n) is 5.74. The number of hydrogen-bond acceptors (Lipinski definition) is 3. The van der Waals surface area contributed by atoms with E-state index in [1.165, 1.54) is 19.3 Å². The molecular formula is C13H23NO2S. The average molecular weight is 257 g/mol. The number of rotatable bonds is 2. The summed E-state index contributed by atoms with van der Waals surface area (Å²) in [7, 11) is 0. The molecule has 0 spiro atoms. The molecule has 3 nitrogen and oxygen atoms in total. The van der Waals surface area contributed by atoms with Gasteiger partial charge in [-0.25, -0.2) is 0 Å². The predicted octanol–water partition coefficient (Wildman–Crippen LogP) is 2.31. The number of carboxylic acid groups (broad SMARTS) is 1. The third-order valence-corrected chi connectivity index (χ3v) is 5.10. The summed E-state index contributed by atoms with van der Waals surface area (Å²) < 4.78 is 0. The number of carboxylic acids is 1. The molecule has 0 radical (unpaired) electrons. The highest BCUT2D eigenvalue weighted by atomic mass is 32.2. The predicted molar refractivity (Wildman–Crippen MR) is 71.4 cm³/mol. The van der Waals surface area contributed by atoms with Crippen molar-refractivity contribution in [2.45, 2.75) is 45.2 Å². The van der Waals surface area contributed by atoms with Gasteiger partial charge in [0.05, 0.1) is 0 Å². The Balaban J connectivity index is 2.05. The summed E-state index contributed by atoms with van der Waals surface area (Å²) in [6.07, 6.45) is 3.66. The van der Waals surface area contributed by atoms with E-state index in [2.05, 4.69) is 18.7 Å². The molecule has 0 bridgehead atoms. The Kier molecular flexibility index (Phi) is 4.36. The number of carbonyl (C=O) groups is 1. The fraction of sp³-hybridized carbons (Fsp3) is 0.923. The molecule has 1 aliphatic heterocycles. The molecule has 0 aromatic heterocycles. The van der Waals surface area contributed by atoms with Gasteiger partial charge in [-0.05, 0) is 31.1 Å². The third kappa shape index (κ3) is 3.16. The van der Waals surface area contributed by atoms with Crippen LogP contribution in [0.4, 0.5) is 0 Å². The highest BCUT2D eigenvalue weighted by Crippen LogP contribution is 2.34. The zero-order valence-electron chi connectivity index (χ0n) is 10.8. The van der Waals surface area contributed by atoms with Crippen LogP contribution in [0.3, 0.4) is 0 Å². The molecule has 1 aliphatic carbocycles. The van der Waals surface area contributed by atoms with Crippen LogP contribution in [0.25, 0.3) is 0 Å². The standard InChI is InChI=1S/C13H23NO2S/c1-9-5-10(2)7-11(6-9)14-3-4-17-8-12(14)13(15)16/h9-12H,3-8H2,1-2H3,(H,15,16). The highest BCUT2D eigenvalue weighted by Gasteiger charge is 2.36. The summed E-state index contributed by atoms with van der Waals surface area (Å²) in [6.45, 7) is 5.56. The van der Waals surface area contributed by atoms with E-state index in [1.807, 2.05) is 0 Å². The highest BCUT2D eigenvalue weighted by molar-refractivity contribution is 7.99. The monoisotopic (exact) mass is 257 g/mol. The number of hydrogen-bond donors (Lipinski definition) is 1. The van der Waals surface area contributed by atoms with Gasteiger partial charge in [0.25, 0.3) is 0 Å². The summed E-state index contributed by atoms with van der Waals surface area (Å²) in [4.78, 5) is 13.6. The van der Waals surface area contributed by atoms with Crippen molar-refractivity contribution in [2.75, 3.05) is 18.1 Å². The Hall–Kier alpha value is -0.220. The first kappa shape index (κ1) is 13.2. The van der Waals surface area contributed by atoms with Crippen LogP contribution in [-0.4, -0.2) is 46.1 Å². The van der Waals surface area contributed by atoms with Crippen LogP contribution in [0.2, 0.25) is 0 Å². The number of aliphatic carboxylic acids is 1. The molecule has 1 heterocycles. The number of thioether (sulfide) groups is 1. The molecule has 1 saturated carbocycles. The molecule has 17 heavy (non-hydrogen) atoms. The van der Waals surface area contributed by atoms with Gasteiger partial charge in [0, 0.05) is 24.1 Å². The van der Waals surface area contributed by atoms with E-state index in [0.717, 1.165) is 29.9 Å². The molecular weight excluding hydrogens is 234 g/mol. The Morgan fingerprint density at radius 2 is 1.88 bits per heavy atom.